The third kappa shape index (κ3) is 14.9. The van der Waals surface area contributed by atoms with Gasteiger partial charge in [0.25, 0.3) is 40.5 Å². The average molecular weight is 1200 g/mol. The minimum atomic E-state index is -4.62. The van der Waals surface area contributed by atoms with Crippen molar-refractivity contribution in [2.24, 2.45) is 40.9 Å². The van der Waals surface area contributed by atoms with Crippen LogP contribution in [0.2, 0.25) is 0 Å². The molecule has 0 spiro atoms. The Balaban J connectivity index is 0.000000163. The van der Waals surface area contributed by atoms with Crippen molar-refractivity contribution >= 4 is 118 Å². The maximum absolute atomic E-state index is 11.7. The quantitative estimate of drug-likeness (QED) is 0.0441. The minimum Gasteiger partial charge on any atom is -0.506 e. The van der Waals surface area contributed by atoms with Crippen molar-refractivity contribution in [1.82, 2.24) is 0 Å². The van der Waals surface area contributed by atoms with Crippen molar-refractivity contribution in [2.75, 3.05) is 0 Å². The molecular weight excluding hydrogens is 1150 g/mol. The lowest BCUT2D eigenvalue weighted by molar-refractivity contribution is 0.476. The summed E-state index contributed by atoms with van der Waals surface area (Å²) >= 11 is 0. The molecule has 0 aromatic heterocycles. The molecule has 0 fully saturated rings. The first kappa shape index (κ1) is 59.5. The molecule has 0 saturated carbocycles. The Hall–Kier alpha value is -9.58. The van der Waals surface area contributed by atoms with Gasteiger partial charge in [-0.05, 0) is 133 Å². The second-order valence-corrected chi connectivity index (χ2v) is 23.3. The van der Waals surface area contributed by atoms with Gasteiger partial charge >= 0.3 is 0 Å². The van der Waals surface area contributed by atoms with Crippen molar-refractivity contribution in [3.8, 4) is 17.2 Å². The lowest BCUT2D eigenvalue weighted by Crippen LogP contribution is -2.01. The fraction of sp³-hybridized carbons (Fsp3) is 0.0357. The van der Waals surface area contributed by atoms with Gasteiger partial charge in [-0.1, -0.05) is 91.0 Å². The summed E-state index contributed by atoms with van der Waals surface area (Å²) in [4.78, 5) is -1.41. The normalized spacial score (nSPS) is 12.3. The van der Waals surface area contributed by atoms with Crippen molar-refractivity contribution in [3.63, 3.8) is 0 Å². The molecule has 83 heavy (non-hydrogen) atoms. The molecule has 10 rings (SSSR count). The lowest BCUT2D eigenvalue weighted by Gasteiger charge is -2.09. The summed E-state index contributed by atoms with van der Waals surface area (Å²) in [5, 5.41) is 65.9. The van der Waals surface area contributed by atoms with Crippen molar-refractivity contribution in [2.45, 2.75) is 33.4 Å². The number of phenolic OH excluding ortho intramolecular Hbond substituents is 3. The van der Waals surface area contributed by atoms with Crippen molar-refractivity contribution in [3.05, 3.63) is 199 Å². The van der Waals surface area contributed by atoms with Gasteiger partial charge in [0, 0.05) is 21.5 Å². The van der Waals surface area contributed by atoms with Crippen LogP contribution >= 0.6 is 0 Å². The molecule has 7 N–H and O–H groups in total. The number of nitrogens with zero attached hydrogens (tertiary/aromatic N) is 8. The van der Waals surface area contributed by atoms with E-state index in [1.54, 1.807) is 25.1 Å². The molecule has 0 atom stereocenters. The van der Waals surface area contributed by atoms with Gasteiger partial charge in [0.1, 0.15) is 33.5 Å². The van der Waals surface area contributed by atoms with Crippen LogP contribution in [0.15, 0.2) is 249 Å². The molecule has 0 bridgehead atoms. The van der Waals surface area contributed by atoms with E-state index in [1.807, 2.05) is 84.9 Å². The first-order valence-electron chi connectivity index (χ1n) is 23.9. The number of hydrogen-bond donors (Lipinski definition) is 7. The van der Waals surface area contributed by atoms with Gasteiger partial charge in [0.15, 0.2) is 5.75 Å². The molecule has 0 amide bonds. The molecule has 0 aliphatic heterocycles. The Morgan fingerprint density at radius 1 is 0.313 bits per heavy atom. The molecule has 0 aliphatic rings. The Morgan fingerprint density at radius 3 is 1.28 bits per heavy atom. The number of aromatic hydroxyl groups is 3. The van der Waals surface area contributed by atoms with Crippen LogP contribution in [0.4, 0.5) is 45.5 Å². The van der Waals surface area contributed by atoms with Crippen LogP contribution in [0.3, 0.4) is 0 Å². The minimum absolute atomic E-state index is 0.0632. The highest BCUT2D eigenvalue weighted by atomic mass is 32.2. The van der Waals surface area contributed by atoms with Crippen LogP contribution in [-0.2, 0) is 40.5 Å². The van der Waals surface area contributed by atoms with Gasteiger partial charge in [0.05, 0.1) is 43.1 Å². The fourth-order valence-corrected chi connectivity index (χ4v) is 10.3. The Morgan fingerprint density at radius 2 is 0.735 bits per heavy atom. The van der Waals surface area contributed by atoms with Crippen LogP contribution < -0.4 is 0 Å². The van der Waals surface area contributed by atoms with Crippen LogP contribution in [0.1, 0.15) is 11.1 Å². The second kappa shape index (κ2) is 24.6. The predicted molar refractivity (Wildman–Crippen MR) is 308 cm³/mol. The van der Waals surface area contributed by atoms with E-state index in [0.717, 1.165) is 52.5 Å². The van der Waals surface area contributed by atoms with E-state index in [9.17, 15) is 58.1 Å². The monoisotopic (exact) mass is 1200 g/mol. The van der Waals surface area contributed by atoms with E-state index in [0.29, 0.717) is 33.3 Å². The summed E-state index contributed by atoms with van der Waals surface area (Å²) in [6, 6.07) is 49.0. The van der Waals surface area contributed by atoms with E-state index in [1.165, 1.54) is 61.5 Å². The highest BCUT2D eigenvalue weighted by Gasteiger charge is 2.21. The summed E-state index contributed by atoms with van der Waals surface area (Å²) in [6.07, 6.45) is 0. The zero-order valence-electron chi connectivity index (χ0n) is 43.0. The summed E-state index contributed by atoms with van der Waals surface area (Å²) in [5.74, 6) is -0.470. The van der Waals surface area contributed by atoms with Gasteiger partial charge in [-0.3, -0.25) is 18.2 Å². The molecule has 422 valence electrons. The van der Waals surface area contributed by atoms with E-state index < -0.39 is 45.4 Å². The molecule has 0 heterocycles. The summed E-state index contributed by atoms with van der Waals surface area (Å²) in [6.45, 7) is 3.14. The molecule has 23 nitrogen and oxygen atoms in total. The molecule has 0 saturated heterocycles. The molecule has 0 radical (unpaired) electrons. The highest BCUT2D eigenvalue weighted by Crippen LogP contribution is 2.41. The number of hydrogen-bond acceptors (Lipinski definition) is 19. The number of phenols is 3. The second-order valence-electron chi connectivity index (χ2n) is 17.7. The maximum atomic E-state index is 11.7. The Labute approximate surface area is 473 Å². The molecular formula is C56H44N8O15S4. The summed E-state index contributed by atoms with van der Waals surface area (Å²) < 4.78 is 128. The summed E-state index contributed by atoms with van der Waals surface area (Å²) in [7, 11) is -17.8. The Kier molecular flexibility index (Phi) is 17.7. The van der Waals surface area contributed by atoms with E-state index in [-0.39, 0.29) is 65.5 Å². The number of azo groups is 4. The first-order valence-corrected chi connectivity index (χ1v) is 29.6. The van der Waals surface area contributed by atoms with Crippen molar-refractivity contribution in [1.29, 1.82) is 0 Å². The largest absolute Gasteiger partial charge is 0.506 e. The third-order valence-electron chi connectivity index (χ3n) is 11.9. The highest BCUT2D eigenvalue weighted by molar-refractivity contribution is 7.86. The molecule has 0 unspecified atom stereocenters. The van der Waals surface area contributed by atoms with Crippen LogP contribution in [0.5, 0.6) is 17.2 Å². The van der Waals surface area contributed by atoms with Gasteiger partial charge in [-0.25, -0.2) is 0 Å². The molecule has 10 aromatic carbocycles. The smallest absolute Gasteiger partial charge is 0.295 e. The number of rotatable bonds is 12. The molecule has 10 aromatic rings. The third-order valence-corrected chi connectivity index (χ3v) is 15.6. The number of aryl methyl sites for hydroxylation is 2. The van der Waals surface area contributed by atoms with E-state index in [4.69, 9.17) is 9.11 Å². The Bertz CT molecular complexity index is 4730. The average Bonchev–Trinajstić information content (AvgIpc) is 3.60. The number of fused-ring (bicyclic) bond motifs is 3. The van der Waals surface area contributed by atoms with Crippen LogP contribution in [0.25, 0.3) is 32.3 Å². The lowest BCUT2D eigenvalue weighted by atomic mass is 10.1. The summed E-state index contributed by atoms with van der Waals surface area (Å²) in [5.41, 5.74) is 3.66. The molecule has 27 heteroatoms. The number of benzene rings is 10. The SMILES string of the molecule is Cc1cc(C)c(S(=O)(=O)O)cc1N=Nc1cc(S(=O)(=O)O)c2ccccc2c1O.O=S(=O)(O)c1ccc(N=Nc2c(O)ccc3cc(S(=O)(=O)O)ccc23)cc1.Oc1ccc2ccccc2c1N=Nc1ccc(N=Nc2ccccc2)cc1. The zero-order valence-corrected chi connectivity index (χ0v) is 46.3. The maximum Gasteiger partial charge on any atom is 0.295 e. The van der Waals surface area contributed by atoms with E-state index in [2.05, 4.69) is 40.9 Å². The predicted octanol–water partition coefficient (Wildman–Crippen LogP) is 14.9. The zero-order chi connectivity index (χ0) is 59.9. The van der Waals surface area contributed by atoms with E-state index >= 15 is 0 Å². The van der Waals surface area contributed by atoms with Crippen LogP contribution in [-0.4, -0.2) is 67.2 Å². The van der Waals surface area contributed by atoms with Gasteiger partial charge in [-0.2, -0.15) is 59.2 Å². The first-order chi connectivity index (χ1) is 39.2. The van der Waals surface area contributed by atoms with Gasteiger partial charge < -0.3 is 15.3 Å². The molecule has 0 aliphatic carbocycles. The van der Waals surface area contributed by atoms with Gasteiger partial charge in [0.2, 0.25) is 0 Å². The van der Waals surface area contributed by atoms with Gasteiger partial charge in [-0.15, -0.1) is 15.3 Å². The topological polar surface area (TPSA) is 377 Å². The van der Waals surface area contributed by atoms with Crippen LogP contribution in [0, 0.1) is 13.8 Å². The van der Waals surface area contributed by atoms with Crippen molar-refractivity contribution < 1.29 is 67.2 Å². The fourth-order valence-electron chi connectivity index (χ4n) is 7.91. The standard InChI is InChI=1S/C22H16N4O.C18H16N2O7S2.C16H12N2O7S2/c27-21-15-10-16-6-4-5-9-20(16)22(21)26-25-19-13-11-18(12-14-19)24-23-17-7-2-1-3-8-17;1-10-7-11(2)16(28(22,23)24)8-14(10)19-20-15-9-17(29(25,26)27)12-5-3-4-6-13(12)18(15)21;19-15-8-1-10-9-13(27(23,24)25)6-7-14(10)16(15)18-17-11-2-4-12(5-3-11)26(20,21)22/h1-15,27H;3-9,21H,1-2H3,(H,22,23,24)(H,25,26,27);1-9,19H,(H,20,21,22)(H,23,24,25).